The summed E-state index contributed by atoms with van der Waals surface area (Å²) in [5.74, 6) is 0.0360. The summed E-state index contributed by atoms with van der Waals surface area (Å²) in [6.45, 7) is 5.45. The van der Waals surface area contributed by atoms with E-state index in [1.807, 2.05) is 19.1 Å². The molecule has 1 unspecified atom stereocenters. The summed E-state index contributed by atoms with van der Waals surface area (Å²) in [4.78, 5) is 26.6. The second kappa shape index (κ2) is 9.91. The molecule has 1 atom stereocenters. The third-order valence-electron chi connectivity index (χ3n) is 4.44. The highest BCUT2D eigenvalue weighted by molar-refractivity contribution is 6.39. The van der Waals surface area contributed by atoms with Crippen molar-refractivity contribution in [3.05, 3.63) is 48.4 Å². The Morgan fingerprint density at radius 3 is 2.54 bits per heavy atom. The third-order valence-corrected chi connectivity index (χ3v) is 4.44. The van der Waals surface area contributed by atoms with Crippen LogP contribution in [0.3, 0.4) is 0 Å². The molecule has 0 bridgehead atoms. The summed E-state index contributed by atoms with van der Waals surface area (Å²) >= 11 is 0. The van der Waals surface area contributed by atoms with Crippen LogP contribution in [0.25, 0.3) is 0 Å². The van der Waals surface area contributed by atoms with Crippen LogP contribution in [0.15, 0.2) is 47.1 Å². The molecule has 1 fully saturated rings. The van der Waals surface area contributed by atoms with Crippen molar-refractivity contribution in [3.63, 3.8) is 0 Å². The smallest absolute Gasteiger partial charge is 0.313 e. The first kappa shape index (κ1) is 19.9. The molecule has 1 aliphatic heterocycles. The van der Waals surface area contributed by atoms with Gasteiger partial charge in [0, 0.05) is 25.3 Å². The van der Waals surface area contributed by atoms with Crippen molar-refractivity contribution in [2.45, 2.75) is 13.0 Å². The number of carbonyl (C=O) groups is 2. The van der Waals surface area contributed by atoms with E-state index in [1.54, 1.807) is 30.5 Å². The molecule has 2 N–H and O–H groups in total. The van der Waals surface area contributed by atoms with E-state index in [-0.39, 0.29) is 12.6 Å². The Balaban J connectivity index is 1.55. The average Bonchev–Trinajstić information content (AvgIpc) is 3.25. The van der Waals surface area contributed by atoms with Crippen LogP contribution >= 0.6 is 0 Å². The van der Waals surface area contributed by atoms with Gasteiger partial charge in [-0.3, -0.25) is 14.5 Å². The molecule has 8 heteroatoms. The minimum absolute atomic E-state index is 0.152. The predicted molar refractivity (Wildman–Crippen MR) is 103 cm³/mol. The van der Waals surface area contributed by atoms with Gasteiger partial charge in [0.05, 0.1) is 32.1 Å². The molecule has 3 rings (SSSR count). The van der Waals surface area contributed by atoms with Crippen LogP contribution in [0.1, 0.15) is 18.7 Å². The summed E-state index contributed by atoms with van der Waals surface area (Å²) in [5, 5.41) is 5.29. The van der Waals surface area contributed by atoms with Crippen molar-refractivity contribution < 1.29 is 23.5 Å². The first-order valence-corrected chi connectivity index (χ1v) is 9.34. The zero-order chi connectivity index (χ0) is 19.8. The molecule has 1 saturated heterocycles. The van der Waals surface area contributed by atoms with Gasteiger partial charge in [-0.05, 0) is 43.3 Å². The second-order valence-corrected chi connectivity index (χ2v) is 6.30. The van der Waals surface area contributed by atoms with Gasteiger partial charge in [0.15, 0.2) is 0 Å². The molecule has 150 valence electrons. The monoisotopic (exact) mass is 387 g/mol. The van der Waals surface area contributed by atoms with Gasteiger partial charge in [0.25, 0.3) is 0 Å². The van der Waals surface area contributed by atoms with Gasteiger partial charge in [0.2, 0.25) is 0 Å². The van der Waals surface area contributed by atoms with E-state index in [9.17, 15) is 9.59 Å². The number of nitrogens with zero attached hydrogens (tertiary/aromatic N) is 1. The fourth-order valence-electron chi connectivity index (χ4n) is 3.04. The lowest BCUT2D eigenvalue weighted by Gasteiger charge is -2.33. The van der Waals surface area contributed by atoms with E-state index in [1.165, 1.54) is 0 Å². The Morgan fingerprint density at radius 1 is 1.14 bits per heavy atom. The van der Waals surface area contributed by atoms with E-state index in [4.69, 9.17) is 13.9 Å². The lowest BCUT2D eigenvalue weighted by atomic mass is 10.1. The van der Waals surface area contributed by atoms with Crippen LogP contribution in [0.5, 0.6) is 5.75 Å². The van der Waals surface area contributed by atoms with Crippen molar-refractivity contribution in [2.24, 2.45) is 0 Å². The quantitative estimate of drug-likeness (QED) is 0.704. The number of hydrogen-bond acceptors (Lipinski definition) is 6. The van der Waals surface area contributed by atoms with Gasteiger partial charge in [-0.2, -0.15) is 0 Å². The van der Waals surface area contributed by atoms with Crippen molar-refractivity contribution in [3.8, 4) is 5.75 Å². The molecule has 0 aliphatic carbocycles. The zero-order valence-electron chi connectivity index (χ0n) is 15.8. The Morgan fingerprint density at radius 2 is 1.89 bits per heavy atom. The first-order valence-electron chi connectivity index (χ1n) is 9.34. The van der Waals surface area contributed by atoms with Crippen LogP contribution in [-0.2, 0) is 14.3 Å². The largest absolute Gasteiger partial charge is 0.494 e. The molecular formula is C20H25N3O5. The Labute approximate surface area is 163 Å². The van der Waals surface area contributed by atoms with E-state index in [0.717, 1.165) is 18.8 Å². The minimum atomic E-state index is -0.718. The molecule has 2 aromatic rings. The number of rotatable bonds is 7. The topological polar surface area (TPSA) is 93.0 Å². The average molecular weight is 387 g/mol. The van der Waals surface area contributed by atoms with E-state index in [0.29, 0.717) is 31.3 Å². The van der Waals surface area contributed by atoms with E-state index in [2.05, 4.69) is 15.5 Å². The Hall–Kier alpha value is -2.84. The molecule has 0 saturated carbocycles. The van der Waals surface area contributed by atoms with Gasteiger partial charge in [-0.1, -0.05) is 0 Å². The Bertz CT molecular complexity index is 755. The van der Waals surface area contributed by atoms with E-state index < -0.39 is 11.8 Å². The van der Waals surface area contributed by atoms with Crippen LogP contribution in [-0.4, -0.2) is 56.2 Å². The molecule has 1 aromatic heterocycles. The second-order valence-electron chi connectivity index (χ2n) is 6.30. The highest BCUT2D eigenvalue weighted by Crippen LogP contribution is 2.21. The number of benzene rings is 1. The zero-order valence-corrected chi connectivity index (χ0v) is 15.8. The molecule has 1 aliphatic rings. The summed E-state index contributed by atoms with van der Waals surface area (Å²) in [7, 11) is 0. The maximum absolute atomic E-state index is 12.3. The fourth-order valence-corrected chi connectivity index (χ4v) is 3.04. The molecule has 0 spiro atoms. The molecule has 1 aromatic carbocycles. The number of amides is 2. The van der Waals surface area contributed by atoms with Crippen molar-refractivity contribution in [2.75, 3.05) is 44.8 Å². The summed E-state index contributed by atoms with van der Waals surface area (Å²) in [6, 6.07) is 10.4. The molecule has 2 heterocycles. The number of furan rings is 1. The normalized spacial score (nSPS) is 15.6. The third kappa shape index (κ3) is 5.34. The first-order chi connectivity index (χ1) is 13.7. The summed E-state index contributed by atoms with van der Waals surface area (Å²) < 4.78 is 16.3. The van der Waals surface area contributed by atoms with Crippen molar-refractivity contribution >= 4 is 17.5 Å². The molecule has 2 amide bonds. The maximum atomic E-state index is 12.3. The highest BCUT2D eigenvalue weighted by Gasteiger charge is 2.26. The highest BCUT2D eigenvalue weighted by atomic mass is 16.5. The maximum Gasteiger partial charge on any atom is 0.313 e. The summed E-state index contributed by atoms with van der Waals surface area (Å²) in [6.07, 6.45) is 1.60. The molecule has 8 nitrogen and oxygen atoms in total. The molecule has 0 radical (unpaired) electrons. The minimum Gasteiger partial charge on any atom is -0.494 e. The van der Waals surface area contributed by atoms with Crippen molar-refractivity contribution in [1.82, 2.24) is 10.2 Å². The fraction of sp³-hybridized carbons (Fsp3) is 0.400. The predicted octanol–water partition coefficient (Wildman–Crippen LogP) is 1.81. The van der Waals surface area contributed by atoms with Gasteiger partial charge >= 0.3 is 11.8 Å². The van der Waals surface area contributed by atoms with Gasteiger partial charge in [0.1, 0.15) is 11.5 Å². The number of nitrogens with one attached hydrogen (secondary N) is 2. The summed E-state index contributed by atoms with van der Waals surface area (Å²) in [5.41, 5.74) is 0.527. The molecule has 28 heavy (non-hydrogen) atoms. The number of anilines is 1. The Kier molecular flexibility index (Phi) is 7.05. The van der Waals surface area contributed by atoms with Crippen molar-refractivity contribution in [1.29, 1.82) is 0 Å². The van der Waals surface area contributed by atoms with Gasteiger partial charge < -0.3 is 24.5 Å². The van der Waals surface area contributed by atoms with Gasteiger partial charge in [-0.15, -0.1) is 0 Å². The molecular weight excluding hydrogens is 362 g/mol. The number of carbonyl (C=O) groups excluding carboxylic acids is 2. The van der Waals surface area contributed by atoms with Crippen LogP contribution in [0.2, 0.25) is 0 Å². The number of morpholine rings is 1. The van der Waals surface area contributed by atoms with Gasteiger partial charge in [-0.25, -0.2) is 0 Å². The standard InChI is InChI=1S/C20H25N3O5/c1-2-27-16-7-5-15(6-8-16)22-20(25)19(24)21-14-17(18-4-3-11-28-18)23-9-12-26-13-10-23/h3-8,11,17H,2,9-10,12-14H2,1H3,(H,21,24)(H,22,25). The van der Waals surface area contributed by atoms with Crippen LogP contribution in [0.4, 0.5) is 5.69 Å². The number of ether oxygens (including phenoxy) is 2. The number of hydrogen-bond donors (Lipinski definition) is 2. The van der Waals surface area contributed by atoms with Crippen LogP contribution in [0, 0.1) is 0 Å². The SMILES string of the molecule is CCOc1ccc(NC(=O)C(=O)NCC(c2ccco2)N2CCOCC2)cc1. The lowest BCUT2D eigenvalue weighted by Crippen LogP contribution is -2.45. The van der Waals surface area contributed by atoms with Crippen LogP contribution < -0.4 is 15.4 Å². The lowest BCUT2D eigenvalue weighted by molar-refractivity contribution is -0.136. The van der Waals surface area contributed by atoms with E-state index >= 15 is 0 Å².